The molecule has 4 aromatic rings. The predicted molar refractivity (Wildman–Crippen MR) is 120 cm³/mol. The molecule has 1 aliphatic rings. The minimum Gasteiger partial charge on any atom is -0.357 e. The van der Waals surface area contributed by atoms with Gasteiger partial charge in [0.1, 0.15) is 0 Å². The number of rotatable bonds is 3. The van der Waals surface area contributed by atoms with Crippen molar-refractivity contribution in [3.63, 3.8) is 0 Å². The number of nitrogens with one attached hydrogen (secondary N) is 1. The van der Waals surface area contributed by atoms with Crippen molar-refractivity contribution in [1.29, 1.82) is 0 Å². The van der Waals surface area contributed by atoms with Crippen molar-refractivity contribution in [3.8, 4) is 0 Å². The third kappa shape index (κ3) is 3.14. The van der Waals surface area contributed by atoms with Gasteiger partial charge in [0, 0.05) is 28.2 Å². The molecule has 30 heavy (non-hydrogen) atoms. The molecule has 5 rings (SSSR count). The molecule has 0 radical (unpaired) electrons. The lowest BCUT2D eigenvalue weighted by Crippen LogP contribution is -2.40. The lowest BCUT2D eigenvalue weighted by Gasteiger charge is -2.35. The summed E-state index contributed by atoms with van der Waals surface area (Å²) >= 11 is 6.11. The summed E-state index contributed by atoms with van der Waals surface area (Å²) < 4.78 is 29.0. The number of H-pyrrole nitrogens is 1. The number of halogens is 1. The van der Waals surface area contributed by atoms with E-state index in [-0.39, 0.29) is 0 Å². The molecular formula is C24H21ClN2O2S. The molecule has 0 saturated carbocycles. The lowest BCUT2D eigenvalue weighted by molar-refractivity contribution is 0.340. The Hall–Kier alpha value is -2.60. The lowest BCUT2D eigenvalue weighted by atomic mass is 9.94. The van der Waals surface area contributed by atoms with Crippen LogP contribution >= 0.6 is 11.6 Å². The Morgan fingerprint density at radius 3 is 2.53 bits per heavy atom. The van der Waals surface area contributed by atoms with Crippen molar-refractivity contribution in [2.75, 3.05) is 6.54 Å². The van der Waals surface area contributed by atoms with Gasteiger partial charge in [0.15, 0.2) is 0 Å². The van der Waals surface area contributed by atoms with Gasteiger partial charge in [-0.15, -0.1) is 0 Å². The van der Waals surface area contributed by atoms with Crippen molar-refractivity contribution in [2.45, 2.75) is 24.3 Å². The molecule has 1 aromatic heterocycles. The molecule has 0 fully saturated rings. The van der Waals surface area contributed by atoms with E-state index in [0.717, 1.165) is 27.7 Å². The van der Waals surface area contributed by atoms with Crippen molar-refractivity contribution in [1.82, 2.24) is 9.29 Å². The van der Waals surface area contributed by atoms with Crippen molar-refractivity contribution >= 4 is 32.5 Å². The van der Waals surface area contributed by atoms with Gasteiger partial charge in [0.2, 0.25) is 10.0 Å². The monoisotopic (exact) mass is 436 g/mol. The quantitative estimate of drug-likeness (QED) is 0.463. The number of sulfonamides is 1. The molecule has 4 nitrogen and oxygen atoms in total. The number of hydrogen-bond donors (Lipinski definition) is 1. The molecule has 1 N–H and O–H groups in total. The zero-order valence-electron chi connectivity index (χ0n) is 16.5. The highest BCUT2D eigenvalue weighted by molar-refractivity contribution is 7.89. The first-order valence-corrected chi connectivity index (χ1v) is 11.7. The van der Waals surface area contributed by atoms with Crippen molar-refractivity contribution < 1.29 is 8.42 Å². The number of aromatic amines is 1. The van der Waals surface area contributed by atoms with Gasteiger partial charge in [-0.05, 0) is 60.4 Å². The maximum atomic E-state index is 13.7. The van der Waals surface area contributed by atoms with E-state index in [9.17, 15) is 8.42 Å². The fourth-order valence-electron chi connectivity index (χ4n) is 4.37. The summed E-state index contributed by atoms with van der Waals surface area (Å²) in [5, 5.41) is 1.78. The van der Waals surface area contributed by atoms with Crippen LogP contribution in [0.2, 0.25) is 5.02 Å². The molecular weight excluding hydrogens is 416 g/mol. The fourth-order valence-corrected chi connectivity index (χ4v) is 6.19. The number of para-hydroxylation sites is 1. The topological polar surface area (TPSA) is 53.2 Å². The van der Waals surface area contributed by atoms with E-state index in [1.807, 2.05) is 55.5 Å². The van der Waals surface area contributed by atoms with Crippen molar-refractivity contribution in [2.24, 2.45) is 0 Å². The third-order valence-electron chi connectivity index (χ3n) is 5.77. The van der Waals surface area contributed by atoms with Crippen LogP contribution in [0.1, 0.15) is 28.4 Å². The Labute approximate surface area is 181 Å². The molecule has 2 heterocycles. The highest BCUT2D eigenvalue weighted by Gasteiger charge is 2.39. The van der Waals surface area contributed by atoms with E-state index in [2.05, 4.69) is 11.1 Å². The number of aryl methyl sites for hydroxylation is 1. The highest BCUT2D eigenvalue weighted by Crippen LogP contribution is 2.41. The Balaban J connectivity index is 1.72. The van der Waals surface area contributed by atoms with E-state index in [4.69, 9.17) is 11.6 Å². The average molecular weight is 437 g/mol. The Bertz CT molecular complexity index is 1340. The molecule has 0 unspecified atom stereocenters. The molecule has 3 aromatic carbocycles. The number of fused-ring (bicyclic) bond motifs is 3. The fraction of sp³-hybridized carbons (Fsp3) is 0.167. The van der Waals surface area contributed by atoms with Gasteiger partial charge in [-0.2, -0.15) is 4.31 Å². The molecule has 0 amide bonds. The first-order chi connectivity index (χ1) is 14.4. The Kier molecular flexibility index (Phi) is 4.69. The van der Waals surface area contributed by atoms with Gasteiger partial charge in [-0.1, -0.05) is 54.1 Å². The third-order valence-corrected chi connectivity index (χ3v) is 7.88. The summed E-state index contributed by atoms with van der Waals surface area (Å²) in [6.07, 6.45) is 0.661. The van der Waals surface area contributed by atoms with Gasteiger partial charge in [0.25, 0.3) is 0 Å². The molecule has 1 atom stereocenters. The largest absolute Gasteiger partial charge is 0.357 e. The zero-order valence-corrected chi connectivity index (χ0v) is 18.0. The smallest absolute Gasteiger partial charge is 0.244 e. The predicted octanol–water partition coefficient (Wildman–Crippen LogP) is 5.47. The second-order valence-electron chi connectivity index (χ2n) is 7.70. The molecule has 0 bridgehead atoms. The maximum absolute atomic E-state index is 13.7. The second-order valence-corrected chi connectivity index (χ2v) is 10.0. The minimum atomic E-state index is -3.69. The van der Waals surface area contributed by atoms with E-state index < -0.39 is 16.1 Å². The summed E-state index contributed by atoms with van der Waals surface area (Å²) in [5.74, 6) is 0. The zero-order chi connectivity index (χ0) is 20.9. The van der Waals surface area contributed by atoms with Gasteiger partial charge in [0.05, 0.1) is 10.9 Å². The van der Waals surface area contributed by atoms with Gasteiger partial charge >= 0.3 is 0 Å². The van der Waals surface area contributed by atoms with E-state index in [1.54, 1.807) is 22.5 Å². The van der Waals surface area contributed by atoms with Crippen LogP contribution in [0.15, 0.2) is 77.7 Å². The van der Waals surface area contributed by atoms with Crippen LogP contribution < -0.4 is 0 Å². The van der Waals surface area contributed by atoms with E-state index in [1.165, 1.54) is 5.56 Å². The van der Waals surface area contributed by atoms with E-state index in [0.29, 0.717) is 22.9 Å². The molecule has 6 heteroatoms. The summed E-state index contributed by atoms with van der Waals surface area (Å²) in [4.78, 5) is 3.83. The van der Waals surface area contributed by atoms with Crippen LogP contribution in [0.25, 0.3) is 10.9 Å². The molecule has 0 aliphatic carbocycles. The molecule has 0 saturated heterocycles. The Morgan fingerprint density at radius 1 is 1.00 bits per heavy atom. The molecule has 1 aliphatic heterocycles. The van der Waals surface area contributed by atoms with Gasteiger partial charge < -0.3 is 4.98 Å². The minimum absolute atomic E-state index is 0.320. The van der Waals surface area contributed by atoms with E-state index >= 15 is 0 Å². The number of nitrogens with zero attached hydrogens (tertiary/aromatic N) is 1. The summed E-state index contributed by atoms with van der Waals surface area (Å²) in [6.45, 7) is 2.32. The first-order valence-electron chi connectivity index (χ1n) is 9.88. The second kappa shape index (κ2) is 7.27. The maximum Gasteiger partial charge on any atom is 0.244 e. The number of hydrogen-bond acceptors (Lipinski definition) is 2. The summed E-state index contributed by atoms with van der Waals surface area (Å²) in [6, 6.07) is 22.2. The number of benzene rings is 3. The van der Waals surface area contributed by atoms with Gasteiger partial charge in [-0.3, -0.25) is 0 Å². The summed E-state index contributed by atoms with van der Waals surface area (Å²) in [7, 11) is -3.69. The first kappa shape index (κ1) is 19.4. The normalized spacial score (nSPS) is 17.2. The highest BCUT2D eigenvalue weighted by atomic mass is 35.5. The average Bonchev–Trinajstić information content (AvgIpc) is 3.12. The molecule has 152 valence electrons. The Morgan fingerprint density at radius 2 is 1.77 bits per heavy atom. The standard InChI is InChI=1S/C24H21ClN2O2S/c1-16-5-4-6-19(15-16)30(28,29)27-14-13-21-20-7-2-3-8-22(20)26-23(21)24(27)17-9-11-18(25)12-10-17/h2-12,15,24,26H,13-14H2,1H3/t24-/m0/s1. The van der Waals surface area contributed by atoms with Crippen LogP contribution in [0.4, 0.5) is 0 Å². The van der Waals surface area contributed by atoms with Crippen LogP contribution in [0, 0.1) is 6.92 Å². The summed E-state index contributed by atoms with van der Waals surface area (Å²) in [5.41, 5.74) is 4.95. The van der Waals surface area contributed by atoms with Crippen LogP contribution in [-0.4, -0.2) is 24.3 Å². The SMILES string of the molecule is Cc1cccc(S(=O)(=O)N2CCc3c([nH]c4ccccc34)[C@@H]2c2ccc(Cl)cc2)c1. The van der Waals surface area contributed by atoms with Crippen LogP contribution in [-0.2, 0) is 16.4 Å². The van der Waals surface area contributed by atoms with Crippen LogP contribution in [0.3, 0.4) is 0 Å². The van der Waals surface area contributed by atoms with Gasteiger partial charge in [-0.25, -0.2) is 8.42 Å². The molecule has 0 spiro atoms. The number of aromatic nitrogens is 1. The van der Waals surface area contributed by atoms with Crippen molar-refractivity contribution in [3.05, 3.63) is 100 Å². The van der Waals surface area contributed by atoms with Crippen LogP contribution in [0.5, 0.6) is 0 Å².